The third-order valence-corrected chi connectivity index (χ3v) is 4.66. The monoisotopic (exact) mass is 382 g/mol. The van der Waals surface area contributed by atoms with Crippen molar-refractivity contribution in [3.63, 3.8) is 0 Å². The van der Waals surface area contributed by atoms with Crippen molar-refractivity contribution in [2.75, 3.05) is 13.2 Å². The zero-order valence-electron chi connectivity index (χ0n) is 15.1. The molecule has 0 saturated heterocycles. The van der Waals surface area contributed by atoms with Crippen molar-refractivity contribution >= 4 is 5.97 Å². The molecule has 1 aliphatic heterocycles. The maximum atomic E-state index is 13.1. The first-order valence-electron chi connectivity index (χ1n) is 8.81. The molecule has 2 unspecified atom stereocenters. The number of esters is 1. The van der Waals surface area contributed by atoms with Gasteiger partial charge in [-0.3, -0.25) is 0 Å². The van der Waals surface area contributed by atoms with Crippen molar-refractivity contribution < 1.29 is 32.2 Å². The minimum atomic E-state index is -4.44. The second-order valence-corrected chi connectivity index (χ2v) is 6.62. The Balaban J connectivity index is 1.91. The Hall–Kier alpha value is -2.28. The largest absolute Gasteiger partial charge is 0.468 e. The van der Waals surface area contributed by atoms with Crippen LogP contribution in [0.2, 0.25) is 0 Å². The first-order valence-corrected chi connectivity index (χ1v) is 8.81. The highest BCUT2D eigenvalue weighted by molar-refractivity contribution is 5.90. The van der Waals surface area contributed by atoms with Crippen molar-refractivity contribution in [2.45, 2.75) is 45.1 Å². The lowest BCUT2D eigenvalue weighted by molar-refractivity contribution is -0.139. The lowest BCUT2D eigenvalue weighted by atomic mass is 9.92. The maximum Gasteiger partial charge on any atom is 0.416 e. The van der Waals surface area contributed by atoms with Gasteiger partial charge in [0, 0.05) is 5.92 Å². The molecule has 146 valence electrons. The van der Waals surface area contributed by atoms with Crippen molar-refractivity contribution in [1.29, 1.82) is 0 Å². The maximum absolute atomic E-state index is 13.1. The SMILES string of the molecule is CCOC(=O)/C(=C/OC1C=C(C)CO1)C1CCc2ccc(C(F)(F)F)cc21. The summed E-state index contributed by atoms with van der Waals surface area (Å²) in [6.45, 7) is 4.17. The number of carbonyl (C=O) groups excluding carboxylic acids is 1. The molecular formula is C20H21F3O4. The predicted molar refractivity (Wildman–Crippen MR) is 91.8 cm³/mol. The molecule has 0 bridgehead atoms. The van der Waals surface area contributed by atoms with Gasteiger partial charge in [-0.25, -0.2) is 4.79 Å². The number of benzene rings is 1. The molecule has 0 N–H and O–H groups in total. The van der Waals surface area contributed by atoms with Crippen LogP contribution >= 0.6 is 0 Å². The van der Waals surface area contributed by atoms with Crippen LogP contribution in [0.25, 0.3) is 0 Å². The lowest BCUT2D eigenvalue weighted by Crippen LogP contribution is -2.16. The summed E-state index contributed by atoms with van der Waals surface area (Å²) in [7, 11) is 0. The Bertz CT molecular complexity index is 780. The van der Waals surface area contributed by atoms with Crippen LogP contribution in [-0.4, -0.2) is 25.5 Å². The van der Waals surface area contributed by atoms with E-state index >= 15 is 0 Å². The molecule has 1 aromatic carbocycles. The summed E-state index contributed by atoms with van der Waals surface area (Å²) in [5.74, 6) is -1.10. The van der Waals surface area contributed by atoms with Crippen LogP contribution < -0.4 is 0 Å². The molecule has 1 aromatic rings. The van der Waals surface area contributed by atoms with E-state index in [1.54, 1.807) is 13.0 Å². The van der Waals surface area contributed by atoms with E-state index in [0.717, 1.165) is 23.3 Å². The normalized spacial score (nSPS) is 22.4. The van der Waals surface area contributed by atoms with E-state index in [0.29, 0.717) is 25.0 Å². The van der Waals surface area contributed by atoms with Gasteiger partial charge in [-0.15, -0.1) is 0 Å². The second kappa shape index (κ2) is 7.76. The van der Waals surface area contributed by atoms with Gasteiger partial charge in [0.15, 0.2) is 0 Å². The van der Waals surface area contributed by atoms with Crippen LogP contribution in [-0.2, 0) is 31.6 Å². The molecule has 2 aliphatic rings. The van der Waals surface area contributed by atoms with Crippen molar-refractivity contribution in [2.24, 2.45) is 0 Å². The molecule has 27 heavy (non-hydrogen) atoms. The highest BCUT2D eigenvalue weighted by Crippen LogP contribution is 2.42. The number of aryl methyl sites for hydroxylation is 1. The first kappa shape index (κ1) is 19.5. The smallest absolute Gasteiger partial charge is 0.416 e. The number of carbonyl (C=O) groups is 1. The van der Waals surface area contributed by atoms with Crippen LogP contribution in [0.4, 0.5) is 13.2 Å². The quantitative estimate of drug-likeness (QED) is 0.326. The molecule has 0 saturated carbocycles. The summed E-state index contributed by atoms with van der Waals surface area (Å²) in [5.41, 5.74) is 1.78. The van der Waals surface area contributed by atoms with Crippen LogP contribution in [0.3, 0.4) is 0 Å². The standard InChI is InChI=1S/C20H21F3O4/c1-3-25-19(24)17(11-27-18-8-12(2)10-26-18)15-7-5-13-4-6-14(9-16(13)15)20(21,22)23/h4,6,8-9,11,15,18H,3,5,7,10H2,1-2H3/b17-11+. The van der Waals surface area contributed by atoms with Crippen molar-refractivity contribution in [1.82, 2.24) is 0 Å². The summed E-state index contributed by atoms with van der Waals surface area (Å²) in [4.78, 5) is 12.4. The summed E-state index contributed by atoms with van der Waals surface area (Å²) in [6.07, 6.45) is -0.885. The van der Waals surface area contributed by atoms with E-state index in [1.807, 2.05) is 6.92 Å². The second-order valence-electron chi connectivity index (χ2n) is 6.62. The Morgan fingerprint density at radius 3 is 2.78 bits per heavy atom. The van der Waals surface area contributed by atoms with Gasteiger partial charge in [-0.1, -0.05) is 6.07 Å². The van der Waals surface area contributed by atoms with Gasteiger partial charge in [0.25, 0.3) is 0 Å². The zero-order valence-corrected chi connectivity index (χ0v) is 15.1. The molecule has 2 atom stereocenters. The van der Waals surface area contributed by atoms with Gasteiger partial charge in [0.05, 0.1) is 30.6 Å². The number of ether oxygens (including phenoxy) is 3. The topological polar surface area (TPSA) is 44.8 Å². The molecular weight excluding hydrogens is 361 g/mol. The molecule has 7 heteroatoms. The number of halogens is 3. The van der Waals surface area contributed by atoms with Crippen LogP contribution in [0.15, 0.2) is 41.7 Å². The molecule has 0 radical (unpaired) electrons. The summed E-state index contributed by atoms with van der Waals surface area (Å²) in [5, 5.41) is 0. The fraction of sp³-hybridized carbons (Fsp3) is 0.450. The number of fused-ring (bicyclic) bond motifs is 1. The molecule has 0 amide bonds. The number of hydrogen-bond donors (Lipinski definition) is 0. The fourth-order valence-electron chi connectivity index (χ4n) is 3.35. The summed E-state index contributed by atoms with van der Waals surface area (Å²) in [6, 6.07) is 3.68. The van der Waals surface area contributed by atoms with Crippen LogP contribution in [0.1, 0.15) is 42.9 Å². The third-order valence-electron chi connectivity index (χ3n) is 4.66. The third kappa shape index (κ3) is 4.35. The highest BCUT2D eigenvalue weighted by Gasteiger charge is 2.36. The van der Waals surface area contributed by atoms with E-state index in [9.17, 15) is 18.0 Å². The van der Waals surface area contributed by atoms with Gasteiger partial charge in [-0.2, -0.15) is 13.2 Å². The minimum absolute atomic E-state index is 0.164. The Morgan fingerprint density at radius 1 is 1.37 bits per heavy atom. The van der Waals surface area contributed by atoms with E-state index in [2.05, 4.69) is 0 Å². The molecule has 0 spiro atoms. The summed E-state index contributed by atoms with van der Waals surface area (Å²) < 4.78 is 55.3. The van der Waals surface area contributed by atoms with Gasteiger partial charge < -0.3 is 14.2 Å². The van der Waals surface area contributed by atoms with Gasteiger partial charge in [0.1, 0.15) is 0 Å². The van der Waals surface area contributed by atoms with Gasteiger partial charge in [0.2, 0.25) is 6.29 Å². The number of rotatable bonds is 5. The lowest BCUT2D eigenvalue weighted by Gasteiger charge is -2.18. The van der Waals surface area contributed by atoms with Gasteiger partial charge in [-0.05, 0) is 61.6 Å². The fourth-order valence-corrected chi connectivity index (χ4v) is 3.35. The van der Waals surface area contributed by atoms with Gasteiger partial charge >= 0.3 is 12.1 Å². The minimum Gasteiger partial charge on any atom is -0.468 e. The molecule has 1 heterocycles. The Kier molecular flexibility index (Phi) is 5.60. The predicted octanol–water partition coefficient (Wildman–Crippen LogP) is 4.50. The number of hydrogen-bond acceptors (Lipinski definition) is 4. The molecule has 0 aromatic heterocycles. The van der Waals surface area contributed by atoms with E-state index in [-0.39, 0.29) is 12.2 Å². The van der Waals surface area contributed by atoms with Crippen LogP contribution in [0.5, 0.6) is 0 Å². The molecule has 0 fully saturated rings. The van der Waals surface area contributed by atoms with E-state index < -0.39 is 29.9 Å². The van der Waals surface area contributed by atoms with E-state index in [1.165, 1.54) is 12.3 Å². The van der Waals surface area contributed by atoms with E-state index in [4.69, 9.17) is 14.2 Å². The molecule has 3 rings (SSSR count). The Morgan fingerprint density at radius 2 is 2.15 bits per heavy atom. The Labute approximate surface area is 155 Å². The molecule has 4 nitrogen and oxygen atoms in total. The van der Waals surface area contributed by atoms with Crippen molar-refractivity contribution in [3.8, 4) is 0 Å². The highest BCUT2D eigenvalue weighted by atomic mass is 19.4. The summed E-state index contributed by atoms with van der Waals surface area (Å²) >= 11 is 0. The van der Waals surface area contributed by atoms with Crippen LogP contribution in [0, 0.1) is 0 Å². The average Bonchev–Trinajstić information content (AvgIpc) is 3.21. The molecule has 1 aliphatic carbocycles. The first-order chi connectivity index (χ1) is 12.8. The zero-order chi connectivity index (χ0) is 19.6. The van der Waals surface area contributed by atoms with Crippen molar-refractivity contribution in [3.05, 3.63) is 58.4 Å². The average molecular weight is 382 g/mol. The number of alkyl halides is 3.